The lowest BCUT2D eigenvalue weighted by molar-refractivity contribution is -0.152. The minimum atomic E-state index is -4.29. The Morgan fingerprint density at radius 2 is 2.14 bits per heavy atom. The third-order valence-electron chi connectivity index (χ3n) is 1.43. The normalized spacial score (nSPS) is 14.1. The number of thiophene rings is 1. The molecule has 6 heteroatoms. The molecule has 0 amide bonds. The molecule has 1 rings (SSSR count). The Morgan fingerprint density at radius 1 is 1.50 bits per heavy atom. The highest BCUT2D eigenvalue weighted by atomic mass is 32.1. The van der Waals surface area contributed by atoms with Gasteiger partial charge in [-0.25, -0.2) is 0 Å². The predicted molar refractivity (Wildman–Crippen MR) is 48.5 cm³/mol. The lowest BCUT2D eigenvalue weighted by Crippen LogP contribution is -2.18. The summed E-state index contributed by atoms with van der Waals surface area (Å²) in [5.74, 6) is 0. The first-order valence-electron chi connectivity index (χ1n) is 3.93. The van der Waals surface area contributed by atoms with Crippen LogP contribution in [0.5, 0.6) is 5.06 Å². The second-order valence-corrected chi connectivity index (χ2v) is 3.93. The van der Waals surface area contributed by atoms with Gasteiger partial charge in [-0.3, -0.25) is 0 Å². The molecule has 1 aromatic rings. The van der Waals surface area contributed by atoms with Crippen LogP contribution in [-0.2, 0) is 0 Å². The average molecular weight is 225 g/mol. The standard InChI is InChI=1S/C8H10F3NOS/c1-5(12)6-2-3-7(14-6)13-4-8(9,10)11/h2-3,5H,4,12H2,1H3/t5-/m1/s1. The summed E-state index contributed by atoms with van der Waals surface area (Å²) in [6.45, 7) is 0.505. The van der Waals surface area contributed by atoms with E-state index >= 15 is 0 Å². The number of ether oxygens (including phenoxy) is 1. The van der Waals surface area contributed by atoms with Crippen molar-refractivity contribution in [2.24, 2.45) is 5.73 Å². The summed E-state index contributed by atoms with van der Waals surface area (Å²) in [6, 6.07) is 2.99. The van der Waals surface area contributed by atoms with E-state index in [9.17, 15) is 13.2 Å². The molecule has 0 saturated carbocycles. The molecule has 0 aliphatic rings. The van der Waals surface area contributed by atoms with Gasteiger partial charge < -0.3 is 10.5 Å². The zero-order valence-corrected chi connectivity index (χ0v) is 8.28. The van der Waals surface area contributed by atoms with E-state index in [4.69, 9.17) is 5.73 Å². The molecule has 14 heavy (non-hydrogen) atoms. The van der Waals surface area contributed by atoms with Gasteiger partial charge in [-0.05, 0) is 19.1 Å². The summed E-state index contributed by atoms with van der Waals surface area (Å²) in [5, 5.41) is 0.245. The van der Waals surface area contributed by atoms with Crippen molar-refractivity contribution in [2.45, 2.75) is 19.1 Å². The fraction of sp³-hybridized carbons (Fsp3) is 0.500. The van der Waals surface area contributed by atoms with Crippen molar-refractivity contribution in [1.29, 1.82) is 0 Å². The zero-order valence-electron chi connectivity index (χ0n) is 7.47. The molecule has 1 atom stereocenters. The van der Waals surface area contributed by atoms with Gasteiger partial charge >= 0.3 is 6.18 Å². The van der Waals surface area contributed by atoms with Crippen molar-refractivity contribution < 1.29 is 17.9 Å². The van der Waals surface area contributed by atoms with E-state index in [1.807, 2.05) is 0 Å². The summed E-state index contributed by atoms with van der Waals surface area (Å²) in [5.41, 5.74) is 5.54. The van der Waals surface area contributed by atoms with Crippen molar-refractivity contribution in [1.82, 2.24) is 0 Å². The Kier molecular flexibility index (Phi) is 3.38. The molecule has 2 nitrogen and oxygen atoms in total. The van der Waals surface area contributed by atoms with E-state index in [1.54, 1.807) is 13.0 Å². The highest BCUT2D eigenvalue weighted by Gasteiger charge is 2.28. The maximum absolute atomic E-state index is 11.8. The Balaban J connectivity index is 2.52. The van der Waals surface area contributed by atoms with Gasteiger partial charge in [-0.15, -0.1) is 11.3 Å². The molecule has 0 aliphatic heterocycles. The quantitative estimate of drug-likeness (QED) is 0.858. The molecule has 0 unspecified atom stereocenters. The van der Waals surface area contributed by atoms with Crippen molar-refractivity contribution in [2.75, 3.05) is 6.61 Å². The van der Waals surface area contributed by atoms with E-state index in [2.05, 4.69) is 4.74 Å². The number of rotatable bonds is 3. The Labute approximate surface area is 83.5 Å². The number of hydrogen-bond donors (Lipinski definition) is 1. The molecule has 0 spiro atoms. The molecule has 0 fully saturated rings. The second-order valence-electron chi connectivity index (χ2n) is 2.85. The summed E-state index contributed by atoms with van der Waals surface area (Å²) >= 11 is 1.13. The van der Waals surface area contributed by atoms with Gasteiger partial charge in [0.1, 0.15) is 0 Å². The van der Waals surface area contributed by atoms with Gasteiger partial charge in [0.25, 0.3) is 0 Å². The molecular formula is C8H10F3NOS. The van der Waals surface area contributed by atoms with Gasteiger partial charge in [-0.2, -0.15) is 13.2 Å². The average Bonchev–Trinajstić information content (AvgIpc) is 2.47. The van der Waals surface area contributed by atoms with Crippen LogP contribution in [0, 0.1) is 0 Å². The fourth-order valence-electron chi connectivity index (χ4n) is 0.810. The first-order valence-corrected chi connectivity index (χ1v) is 4.75. The first kappa shape index (κ1) is 11.3. The van der Waals surface area contributed by atoms with Crippen LogP contribution in [-0.4, -0.2) is 12.8 Å². The van der Waals surface area contributed by atoms with Crippen LogP contribution in [0.2, 0.25) is 0 Å². The Morgan fingerprint density at radius 3 is 2.57 bits per heavy atom. The maximum atomic E-state index is 11.8. The summed E-state index contributed by atoms with van der Waals surface area (Å²) < 4.78 is 39.8. The van der Waals surface area contributed by atoms with Crippen molar-refractivity contribution in [3.8, 4) is 5.06 Å². The summed E-state index contributed by atoms with van der Waals surface area (Å²) in [4.78, 5) is 0.808. The van der Waals surface area contributed by atoms with E-state index < -0.39 is 12.8 Å². The largest absolute Gasteiger partial charge is 0.475 e. The molecule has 1 heterocycles. The van der Waals surface area contributed by atoms with Crippen LogP contribution in [0.4, 0.5) is 13.2 Å². The maximum Gasteiger partial charge on any atom is 0.422 e. The third-order valence-corrected chi connectivity index (χ3v) is 2.63. The van der Waals surface area contributed by atoms with Crippen LogP contribution in [0.25, 0.3) is 0 Å². The topological polar surface area (TPSA) is 35.2 Å². The second kappa shape index (κ2) is 4.18. The smallest absolute Gasteiger partial charge is 0.422 e. The van der Waals surface area contributed by atoms with Crippen LogP contribution >= 0.6 is 11.3 Å². The van der Waals surface area contributed by atoms with Crippen molar-refractivity contribution in [3.63, 3.8) is 0 Å². The molecule has 0 aliphatic carbocycles. The molecule has 2 N–H and O–H groups in total. The Bertz CT molecular complexity index is 295. The highest BCUT2D eigenvalue weighted by molar-refractivity contribution is 7.13. The van der Waals surface area contributed by atoms with E-state index in [1.165, 1.54) is 6.07 Å². The van der Waals surface area contributed by atoms with Crippen LogP contribution < -0.4 is 10.5 Å². The van der Waals surface area contributed by atoms with Crippen molar-refractivity contribution >= 4 is 11.3 Å². The molecule has 0 radical (unpaired) electrons. The van der Waals surface area contributed by atoms with Crippen LogP contribution in [0.1, 0.15) is 17.8 Å². The van der Waals surface area contributed by atoms with Gasteiger partial charge in [0, 0.05) is 10.9 Å². The minimum Gasteiger partial charge on any atom is -0.475 e. The molecule has 0 bridgehead atoms. The van der Waals surface area contributed by atoms with E-state index in [-0.39, 0.29) is 11.1 Å². The third kappa shape index (κ3) is 3.55. The number of alkyl halides is 3. The Hall–Kier alpha value is -0.750. The number of halogens is 3. The first-order chi connectivity index (χ1) is 6.38. The molecule has 1 aromatic heterocycles. The summed E-state index contributed by atoms with van der Waals surface area (Å²) in [6.07, 6.45) is -4.29. The van der Waals surface area contributed by atoms with E-state index in [0.717, 1.165) is 16.2 Å². The SMILES string of the molecule is C[C@@H](N)c1ccc(OCC(F)(F)F)s1. The van der Waals surface area contributed by atoms with Crippen molar-refractivity contribution in [3.05, 3.63) is 17.0 Å². The molecule has 0 saturated heterocycles. The van der Waals surface area contributed by atoms with E-state index in [0.29, 0.717) is 0 Å². The summed E-state index contributed by atoms with van der Waals surface area (Å²) in [7, 11) is 0. The van der Waals surface area contributed by atoms with Crippen LogP contribution in [0.15, 0.2) is 12.1 Å². The van der Waals surface area contributed by atoms with Gasteiger partial charge in [0.2, 0.25) is 0 Å². The van der Waals surface area contributed by atoms with Crippen LogP contribution in [0.3, 0.4) is 0 Å². The fourth-order valence-corrected chi connectivity index (χ4v) is 1.62. The zero-order chi connectivity index (χ0) is 10.8. The minimum absolute atomic E-state index is 0.178. The molecular weight excluding hydrogens is 215 g/mol. The lowest BCUT2D eigenvalue weighted by Gasteiger charge is -2.06. The number of nitrogens with two attached hydrogens (primary N) is 1. The molecule has 80 valence electrons. The van der Waals surface area contributed by atoms with Gasteiger partial charge in [0.15, 0.2) is 11.7 Å². The molecule has 0 aromatic carbocycles. The highest BCUT2D eigenvalue weighted by Crippen LogP contribution is 2.29. The van der Waals surface area contributed by atoms with Gasteiger partial charge in [-0.1, -0.05) is 0 Å². The predicted octanol–water partition coefficient (Wildman–Crippen LogP) is 2.71. The number of hydrogen-bond acceptors (Lipinski definition) is 3. The van der Waals surface area contributed by atoms with Gasteiger partial charge in [0.05, 0.1) is 0 Å². The lowest BCUT2D eigenvalue weighted by atomic mass is 10.3. The monoisotopic (exact) mass is 225 g/mol.